The molecule has 0 bridgehead atoms. The van der Waals surface area contributed by atoms with E-state index in [1.54, 1.807) is 0 Å². The van der Waals surface area contributed by atoms with E-state index < -0.39 is 0 Å². The third kappa shape index (κ3) is 3.65. The Morgan fingerprint density at radius 1 is 1.20 bits per heavy atom. The van der Waals surface area contributed by atoms with Crippen LogP contribution in [-0.4, -0.2) is 4.98 Å². The van der Waals surface area contributed by atoms with Crippen molar-refractivity contribution in [3.63, 3.8) is 0 Å². The smallest absolute Gasteiger partial charge is 0.0375 e. The second kappa shape index (κ2) is 5.29. The molecule has 0 spiro atoms. The molecule has 0 N–H and O–H groups in total. The minimum atomic E-state index is 0.584. The highest BCUT2D eigenvalue weighted by atomic mass is 14.7. The number of hydrogen-bond acceptors (Lipinski definition) is 1. The summed E-state index contributed by atoms with van der Waals surface area (Å²) < 4.78 is 0. The van der Waals surface area contributed by atoms with Crippen LogP contribution in [-0.2, 0) is 6.42 Å². The minimum absolute atomic E-state index is 0.584. The van der Waals surface area contributed by atoms with Gasteiger partial charge in [-0.05, 0) is 48.8 Å². The summed E-state index contributed by atoms with van der Waals surface area (Å²) in [5.41, 5.74) is 4.05. The Bertz CT molecular complexity index is 313. The normalized spacial score (nSPS) is 11.4. The highest BCUT2D eigenvalue weighted by molar-refractivity contribution is 5.29. The number of pyridine rings is 1. The maximum atomic E-state index is 4.39. The molecule has 1 nitrogen and oxygen atoms in total. The lowest BCUT2D eigenvalue weighted by atomic mass is 9.94. The Labute approximate surface area is 93.9 Å². The molecule has 1 aromatic heterocycles. The zero-order chi connectivity index (χ0) is 11.4. The molecule has 1 heterocycles. The van der Waals surface area contributed by atoms with Crippen LogP contribution in [0.4, 0.5) is 0 Å². The van der Waals surface area contributed by atoms with Gasteiger partial charge in [0.25, 0.3) is 0 Å². The van der Waals surface area contributed by atoms with E-state index >= 15 is 0 Å². The molecule has 0 saturated carbocycles. The van der Waals surface area contributed by atoms with Crippen LogP contribution < -0.4 is 0 Å². The van der Waals surface area contributed by atoms with Gasteiger partial charge in [0, 0.05) is 11.9 Å². The van der Waals surface area contributed by atoms with E-state index in [1.165, 1.54) is 24.0 Å². The second-order valence-electron chi connectivity index (χ2n) is 5.11. The summed E-state index contributed by atoms with van der Waals surface area (Å²) >= 11 is 0. The number of aromatic nitrogens is 1. The van der Waals surface area contributed by atoms with Crippen molar-refractivity contribution < 1.29 is 0 Å². The molecule has 0 amide bonds. The summed E-state index contributed by atoms with van der Waals surface area (Å²) in [6, 6.07) is 2.25. The predicted molar refractivity (Wildman–Crippen MR) is 66.2 cm³/mol. The highest BCUT2D eigenvalue weighted by Crippen LogP contribution is 2.21. The molecule has 15 heavy (non-hydrogen) atoms. The zero-order valence-corrected chi connectivity index (χ0v) is 10.7. The molecule has 0 unspecified atom stereocenters. The molecule has 0 aliphatic carbocycles. The van der Waals surface area contributed by atoms with E-state index in [9.17, 15) is 0 Å². The zero-order valence-electron chi connectivity index (χ0n) is 10.7. The van der Waals surface area contributed by atoms with E-state index in [0.717, 1.165) is 11.6 Å². The van der Waals surface area contributed by atoms with Crippen LogP contribution in [0.2, 0.25) is 0 Å². The van der Waals surface area contributed by atoms with Gasteiger partial charge in [0.15, 0.2) is 0 Å². The fourth-order valence-corrected chi connectivity index (χ4v) is 1.81. The predicted octanol–water partition coefficient (Wildman–Crippen LogP) is 4.10. The summed E-state index contributed by atoms with van der Waals surface area (Å²) in [5.74, 6) is 1.36. The third-order valence-electron chi connectivity index (χ3n) is 2.77. The number of rotatable bonds is 4. The monoisotopic (exact) mass is 205 g/mol. The average molecular weight is 205 g/mol. The Kier molecular flexibility index (Phi) is 4.31. The standard InChI is InChI=1S/C14H23N/c1-10(2)6-7-13-8-12(5)15-9-14(13)11(3)4/h8-11H,6-7H2,1-5H3. The van der Waals surface area contributed by atoms with Crippen molar-refractivity contribution in [3.8, 4) is 0 Å². The number of hydrogen-bond donors (Lipinski definition) is 0. The van der Waals surface area contributed by atoms with Gasteiger partial charge in [0.2, 0.25) is 0 Å². The summed E-state index contributed by atoms with van der Waals surface area (Å²) in [4.78, 5) is 4.39. The van der Waals surface area contributed by atoms with Crippen LogP contribution in [0, 0.1) is 12.8 Å². The Hall–Kier alpha value is -0.850. The van der Waals surface area contributed by atoms with Crippen molar-refractivity contribution in [2.24, 2.45) is 5.92 Å². The first kappa shape index (κ1) is 12.2. The lowest BCUT2D eigenvalue weighted by molar-refractivity contribution is 0.583. The molecule has 1 aromatic rings. The van der Waals surface area contributed by atoms with Crippen molar-refractivity contribution in [3.05, 3.63) is 29.1 Å². The molecule has 0 aliphatic rings. The van der Waals surface area contributed by atoms with Gasteiger partial charge in [-0.15, -0.1) is 0 Å². The van der Waals surface area contributed by atoms with Crippen molar-refractivity contribution in [2.45, 2.75) is 53.4 Å². The largest absolute Gasteiger partial charge is 0.261 e. The first-order valence-corrected chi connectivity index (χ1v) is 5.96. The van der Waals surface area contributed by atoms with Gasteiger partial charge >= 0.3 is 0 Å². The topological polar surface area (TPSA) is 12.9 Å². The van der Waals surface area contributed by atoms with Crippen LogP contribution in [0.15, 0.2) is 12.3 Å². The Morgan fingerprint density at radius 2 is 1.87 bits per heavy atom. The maximum absolute atomic E-state index is 4.39. The molecule has 1 heteroatoms. The van der Waals surface area contributed by atoms with Crippen LogP contribution in [0.5, 0.6) is 0 Å². The molecule has 0 aliphatic heterocycles. The highest BCUT2D eigenvalue weighted by Gasteiger charge is 2.08. The molecule has 0 atom stereocenters. The van der Waals surface area contributed by atoms with E-state index in [4.69, 9.17) is 0 Å². The maximum Gasteiger partial charge on any atom is 0.0375 e. The minimum Gasteiger partial charge on any atom is -0.261 e. The van der Waals surface area contributed by atoms with E-state index in [-0.39, 0.29) is 0 Å². The average Bonchev–Trinajstić information content (AvgIpc) is 2.14. The summed E-state index contributed by atoms with van der Waals surface area (Å²) in [5, 5.41) is 0. The molecule has 0 saturated heterocycles. The van der Waals surface area contributed by atoms with Gasteiger partial charge in [-0.1, -0.05) is 27.7 Å². The van der Waals surface area contributed by atoms with Crippen molar-refractivity contribution in [1.29, 1.82) is 0 Å². The van der Waals surface area contributed by atoms with Crippen LogP contribution >= 0.6 is 0 Å². The Balaban J connectivity index is 2.87. The summed E-state index contributed by atoms with van der Waals surface area (Å²) in [6.45, 7) is 11.1. The fourth-order valence-electron chi connectivity index (χ4n) is 1.81. The molecule has 1 rings (SSSR count). The van der Waals surface area contributed by atoms with E-state index in [0.29, 0.717) is 5.92 Å². The van der Waals surface area contributed by atoms with Gasteiger partial charge in [-0.2, -0.15) is 0 Å². The van der Waals surface area contributed by atoms with Crippen LogP contribution in [0.1, 0.15) is 56.9 Å². The van der Waals surface area contributed by atoms with Crippen molar-refractivity contribution >= 4 is 0 Å². The molecular formula is C14H23N. The SMILES string of the molecule is Cc1cc(CCC(C)C)c(C(C)C)cn1. The van der Waals surface area contributed by atoms with Gasteiger partial charge in [-0.25, -0.2) is 0 Å². The van der Waals surface area contributed by atoms with Crippen LogP contribution in [0.3, 0.4) is 0 Å². The van der Waals surface area contributed by atoms with Crippen molar-refractivity contribution in [1.82, 2.24) is 4.98 Å². The van der Waals surface area contributed by atoms with Gasteiger partial charge in [0.1, 0.15) is 0 Å². The Morgan fingerprint density at radius 3 is 2.40 bits per heavy atom. The first-order chi connectivity index (χ1) is 7.00. The molecule has 0 radical (unpaired) electrons. The van der Waals surface area contributed by atoms with Gasteiger partial charge in [-0.3, -0.25) is 4.98 Å². The quantitative estimate of drug-likeness (QED) is 0.721. The fraction of sp³-hybridized carbons (Fsp3) is 0.643. The third-order valence-corrected chi connectivity index (χ3v) is 2.77. The van der Waals surface area contributed by atoms with Gasteiger partial charge < -0.3 is 0 Å². The number of nitrogens with zero attached hydrogens (tertiary/aromatic N) is 1. The molecule has 0 fully saturated rings. The first-order valence-electron chi connectivity index (χ1n) is 5.96. The van der Waals surface area contributed by atoms with Crippen LogP contribution in [0.25, 0.3) is 0 Å². The number of aryl methyl sites for hydroxylation is 2. The van der Waals surface area contributed by atoms with Crippen molar-refractivity contribution in [2.75, 3.05) is 0 Å². The molecule has 0 aromatic carbocycles. The van der Waals surface area contributed by atoms with E-state index in [2.05, 4.69) is 51.9 Å². The lowest BCUT2D eigenvalue weighted by Gasteiger charge is -2.14. The summed E-state index contributed by atoms with van der Waals surface area (Å²) in [6.07, 6.45) is 4.51. The molecular weight excluding hydrogens is 182 g/mol. The second-order valence-corrected chi connectivity index (χ2v) is 5.11. The lowest BCUT2D eigenvalue weighted by Crippen LogP contribution is -2.01. The molecule has 84 valence electrons. The van der Waals surface area contributed by atoms with Gasteiger partial charge in [0.05, 0.1) is 0 Å². The summed E-state index contributed by atoms with van der Waals surface area (Å²) in [7, 11) is 0. The van der Waals surface area contributed by atoms with E-state index in [1.807, 2.05) is 0 Å².